The number of pyridine rings is 1. The van der Waals surface area contributed by atoms with Crippen molar-refractivity contribution >= 4 is 33.4 Å². The number of imidazole rings is 1. The normalized spacial score (nSPS) is 20.2. The first-order valence-electron chi connectivity index (χ1n) is 5.62. The highest BCUT2D eigenvalue weighted by Gasteiger charge is 2.29. The van der Waals surface area contributed by atoms with Crippen LogP contribution in [0.3, 0.4) is 0 Å². The molecule has 0 bridgehead atoms. The van der Waals surface area contributed by atoms with Gasteiger partial charge in [0.05, 0.1) is 5.92 Å². The van der Waals surface area contributed by atoms with E-state index in [4.69, 9.17) is 0 Å². The quantitative estimate of drug-likeness (QED) is 0.814. The summed E-state index contributed by atoms with van der Waals surface area (Å²) in [6.45, 7) is 0. The van der Waals surface area contributed by atoms with E-state index in [0.717, 1.165) is 15.9 Å². The number of nitrogens with zero attached hydrogens (tertiary/aromatic N) is 2. The second kappa shape index (κ2) is 4.20. The molecule has 1 N–H and O–H groups in total. The number of hydrogen-bond donors (Lipinski definition) is 1. The van der Waals surface area contributed by atoms with Crippen molar-refractivity contribution in [2.24, 2.45) is 0 Å². The van der Waals surface area contributed by atoms with E-state index in [1.54, 1.807) is 0 Å². The molecule has 2 amide bonds. The summed E-state index contributed by atoms with van der Waals surface area (Å²) in [5.74, 6) is -0.730. The van der Waals surface area contributed by atoms with Crippen LogP contribution in [-0.2, 0) is 9.59 Å². The number of aromatic nitrogens is 2. The standard InChI is InChI=1S/C12H10BrN3O2/c13-9-6-16-8(2-1-3-10(16)14-9)7-4-5-11(17)15-12(7)18/h1-3,6-7H,4-5H2,(H,15,17,18). The Morgan fingerprint density at radius 2 is 2.22 bits per heavy atom. The van der Waals surface area contributed by atoms with Gasteiger partial charge in [-0.2, -0.15) is 0 Å². The molecular formula is C12H10BrN3O2. The average molecular weight is 308 g/mol. The van der Waals surface area contributed by atoms with Gasteiger partial charge in [0.25, 0.3) is 0 Å². The van der Waals surface area contributed by atoms with Gasteiger partial charge < -0.3 is 4.40 Å². The van der Waals surface area contributed by atoms with E-state index in [2.05, 4.69) is 26.2 Å². The first-order chi connectivity index (χ1) is 8.65. The third kappa shape index (κ3) is 1.82. The minimum absolute atomic E-state index is 0.199. The number of fused-ring (bicyclic) bond motifs is 1. The second-order valence-corrected chi connectivity index (χ2v) is 5.06. The molecule has 1 saturated heterocycles. The fourth-order valence-electron chi connectivity index (χ4n) is 2.26. The Morgan fingerprint density at radius 1 is 1.39 bits per heavy atom. The highest BCUT2D eigenvalue weighted by atomic mass is 79.9. The number of nitrogens with one attached hydrogen (secondary N) is 1. The number of imide groups is 1. The Labute approximate surface area is 111 Å². The molecule has 0 radical (unpaired) electrons. The molecule has 0 aromatic carbocycles. The Balaban J connectivity index is 2.08. The minimum atomic E-state index is -0.299. The third-order valence-corrected chi connectivity index (χ3v) is 3.47. The molecule has 6 heteroatoms. The molecule has 1 fully saturated rings. The van der Waals surface area contributed by atoms with Crippen LogP contribution in [0.25, 0.3) is 5.65 Å². The zero-order chi connectivity index (χ0) is 12.7. The van der Waals surface area contributed by atoms with Crippen molar-refractivity contribution in [1.82, 2.24) is 14.7 Å². The maximum Gasteiger partial charge on any atom is 0.235 e. The lowest BCUT2D eigenvalue weighted by Gasteiger charge is -2.21. The number of carbonyl (C=O) groups is 2. The van der Waals surface area contributed by atoms with Gasteiger partial charge in [0.1, 0.15) is 10.3 Å². The topological polar surface area (TPSA) is 63.5 Å². The van der Waals surface area contributed by atoms with Crippen molar-refractivity contribution in [1.29, 1.82) is 0 Å². The van der Waals surface area contributed by atoms with Gasteiger partial charge in [0.2, 0.25) is 11.8 Å². The number of hydrogen-bond acceptors (Lipinski definition) is 3. The smallest absolute Gasteiger partial charge is 0.235 e. The molecule has 1 unspecified atom stereocenters. The number of amides is 2. The maximum absolute atomic E-state index is 11.9. The Morgan fingerprint density at radius 3 is 3.00 bits per heavy atom. The summed E-state index contributed by atoms with van der Waals surface area (Å²) in [7, 11) is 0. The van der Waals surface area contributed by atoms with Crippen LogP contribution in [-0.4, -0.2) is 21.2 Å². The van der Waals surface area contributed by atoms with Crippen molar-refractivity contribution in [2.75, 3.05) is 0 Å². The van der Waals surface area contributed by atoms with Gasteiger partial charge in [0, 0.05) is 18.3 Å². The molecule has 2 aromatic heterocycles. The fourth-order valence-corrected chi connectivity index (χ4v) is 2.65. The van der Waals surface area contributed by atoms with Gasteiger partial charge >= 0.3 is 0 Å². The highest BCUT2D eigenvalue weighted by molar-refractivity contribution is 9.10. The van der Waals surface area contributed by atoms with Crippen LogP contribution in [0.2, 0.25) is 0 Å². The predicted octanol–water partition coefficient (Wildman–Crippen LogP) is 1.62. The summed E-state index contributed by atoms with van der Waals surface area (Å²) in [6.07, 6.45) is 2.75. The summed E-state index contributed by atoms with van der Waals surface area (Å²) < 4.78 is 2.60. The molecule has 0 spiro atoms. The zero-order valence-electron chi connectivity index (χ0n) is 9.39. The van der Waals surface area contributed by atoms with E-state index >= 15 is 0 Å². The summed E-state index contributed by atoms with van der Waals surface area (Å²) in [6, 6.07) is 5.63. The van der Waals surface area contributed by atoms with E-state index < -0.39 is 0 Å². The van der Waals surface area contributed by atoms with Gasteiger partial charge in [-0.05, 0) is 34.5 Å². The van der Waals surface area contributed by atoms with E-state index in [1.165, 1.54) is 0 Å². The van der Waals surface area contributed by atoms with Crippen molar-refractivity contribution in [3.05, 3.63) is 34.7 Å². The average Bonchev–Trinajstić information content (AvgIpc) is 2.69. The fraction of sp³-hybridized carbons (Fsp3) is 0.250. The molecule has 1 aliphatic rings. The molecule has 1 aliphatic heterocycles. The molecule has 3 rings (SSSR count). The van der Waals surface area contributed by atoms with Crippen molar-refractivity contribution < 1.29 is 9.59 Å². The maximum atomic E-state index is 11.9. The monoisotopic (exact) mass is 307 g/mol. The van der Waals surface area contributed by atoms with Crippen molar-refractivity contribution in [2.45, 2.75) is 18.8 Å². The number of carbonyl (C=O) groups excluding carboxylic acids is 2. The molecule has 0 aliphatic carbocycles. The lowest BCUT2D eigenvalue weighted by molar-refractivity contribution is -0.134. The van der Waals surface area contributed by atoms with Crippen molar-refractivity contribution in [3.8, 4) is 0 Å². The molecule has 2 aromatic rings. The van der Waals surface area contributed by atoms with Crippen LogP contribution in [0.1, 0.15) is 24.5 Å². The summed E-state index contributed by atoms with van der Waals surface area (Å²) in [4.78, 5) is 27.3. The summed E-state index contributed by atoms with van der Waals surface area (Å²) in [5, 5.41) is 2.38. The van der Waals surface area contributed by atoms with Crippen LogP contribution < -0.4 is 5.32 Å². The van der Waals surface area contributed by atoms with Crippen LogP contribution in [0.5, 0.6) is 0 Å². The van der Waals surface area contributed by atoms with Gasteiger partial charge in [-0.1, -0.05) is 6.07 Å². The lowest BCUT2D eigenvalue weighted by atomic mass is 9.94. The van der Waals surface area contributed by atoms with E-state index in [9.17, 15) is 9.59 Å². The van der Waals surface area contributed by atoms with Gasteiger partial charge in [-0.15, -0.1) is 0 Å². The number of rotatable bonds is 1. The van der Waals surface area contributed by atoms with Crippen LogP contribution in [0.15, 0.2) is 29.0 Å². The number of piperidine rings is 1. The minimum Gasteiger partial charge on any atom is -0.302 e. The Bertz CT molecular complexity index is 650. The third-order valence-electron chi connectivity index (χ3n) is 3.09. The van der Waals surface area contributed by atoms with Crippen molar-refractivity contribution in [3.63, 3.8) is 0 Å². The number of halogens is 1. The van der Waals surface area contributed by atoms with Crippen LogP contribution in [0.4, 0.5) is 0 Å². The molecule has 92 valence electrons. The molecule has 0 saturated carbocycles. The largest absolute Gasteiger partial charge is 0.302 e. The van der Waals surface area contributed by atoms with Gasteiger partial charge in [-0.3, -0.25) is 14.9 Å². The molecule has 18 heavy (non-hydrogen) atoms. The van der Waals surface area contributed by atoms with Crippen LogP contribution in [0, 0.1) is 0 Å². The lowest BCUT2D eigenvalue weighted by Crippen LogP contribution is -2.40. The molecular weight excluding hydrogens is 298 g/mol. The zero-order valence-corrected chi connectivity index (χ0v) is 11.0. The first kappa shape index (κ1) is 11.4. The Hall–Kier alpha value is -1.69. The summed E-state index contributed by atoms with van der Waals surface area (Å²) >= 11 is 3.32. The Kier molecular flexibility index (Phi) is 2.66. The molecule has 1 atom stereocenters. The summed E-state index contributed by atoms with van der Waals surface area (Å²) in [5.41, 5.74) is 1.64. The molecule has 3 heterocycles. The highest BCUT2D eigenvalue weighted by Crippen LogP contribution is 2.26. The SMILES string of the molecule is O=C1CCC(c2cccc3nc(Br)cn23)C(=O)N1. The first-order valence-corrected chi connectivity index (χ1v) is 6.41. The van der Waals surface area contributed by atoms with Gasteiger partial charge in [-0.25, -0.2) is 4.98 Å². The van der Waals surface area contributed by atoms with E-state index in [1.807, 2.05) is 28.8 Å². The molecule has 5 nitrogen and oxygen atoms in total. The van der Waals surface area contributed by atoms with E-state index in [0.29, 0.717) is 12.8 Å². The van der Waals surface area contributed by atoms with E-state index in [-0.39, 0.29) is 17.7 Å². The predicted molar refractivity (Wildman–Crippen MR) is 68.0 cm³/mol. The second-order valence-electron chi connectivity index (χ2n) is 4.25. The van der Waals surface area contributed by atoms with Gasteiger partial charge in [0.15, 0.2) is 0 Å². The van der Waals surface area contributed by atoms with Crippen LogP contribution >= 0.6 is 15.9 Å².